The SMILES string of the molecule is FC(F)(F)Oc1ccc([C@@H]2C=C(Oc3ccc(-c4cn[nH]c4)nc3)NO2)cc1. The number of pyridine rings is 1. The van der Waals surface area contributed by atoms with E-state index in [1.54, 1.807) is 36.8 Å². The summed E-state index contributed by atoms with van der Waals surface area (Å²) in [6.45, 7) is 0. The van der Waals surface area contributed by atoms with Crippen molar-refractivity contribution in [2.45, 2.75) is 12.5 Å². The first-order valence-corrected chi connectivity index (χ1v) is 8.08. The van der Waals surface area contributed by atoms with Gasteiger partial charge in [0.1, 0.15) is 17.6 Å². The highest BCUT2D eigenvalue weighted by atomic mass is 19.4. The molecule has 0 saturated carbocycles. The van der Waals surface area contributed by atoms with Crippen LogP contribution < -0.4 is 15.0 Å². The fourth-order valence-electron chi connectivity index (χ4n) is 2.53. The number of hydrogen-bond donors (Lipinski definition) is 2. The second-order valence-corrected chi connectivity index (χ2v) is 5.76. The van der Waals surface area contributed by atoms with E-state index in [1.807, 2.05) is 0 Å². The van der Waals surface area contributed by atoms with E-state index < -0.39 is 12.5 Å². The predicted molar refractivity (Wildman–Crippen MR) is 90.6 cm³/mol. The molecule has 10 heteroatoms. The average Bonchev–Trinajstić information content (AvgIpc) is 3.34. The molecule has 2 aromatic heterocycles. The summed E-state index contributed by atoms with van der Waals surface area (Å²) in [5.74, 6) is 0.536. The lowest BCUT2D eigenvalue weighted by Crippen LogP contribution is -2.17. The Bertz CT molecular complexity index is 955. The molecular weight excluding hydrogens is 377 g/mol. The molecule has 0 amide bonds. The first-order valence-electron chi connectivity index (χ1n) is 8.08. The quantitative estimate of drug-likeness (QED) is 0.689. The van der Waals surface area contributed by atoms with Crippen molar-refractivity contribution in [3.63, 3.8) is 0 Å². The standard InChI is InChI=1S/C18H13F3N4O3/c19-18(20,21)27-13-3-1-11(2-4-13)16-7-17(25-28-16)26-14-5-6-15(22-10-14)12-8-23-24-9-12/h1-10,16,25H,(H,23,24)/t16-/m0/s1. The molecule has 3 aromatic rings. The van der Waals surface area contributed by atoms with E-state index >= 15 is 0 Å². The first kappa shape index (κ1) is 17.9. The molecule has 0 aliphatic carbocycles. The van der Waals surface area contributed by atoms with Gasteiger partial charge in [-0.1, -0.05) is 12.1 Å². The molecule has 0 unspecified atom stereocenters. The Morgan fingerprint density at radius 2 is 1.79 bits per heavy atom. The van der Waals surface area contributed by atoms with E-state index in [1.165, 1.54) is 24.3 Å². The number of hydrogen-bond acceptors (Lipinski definition) is 6. The Labute approximate surface area is 156 Å². The zero-order valence-corrected chi connectivity index (χ0v) is 14.1. The van der Waals surface area contributed by atoms with Gasteiger partial charge in [-0.3, -0.25) is 14.9 Å². The predicted octanol–water partition coefficient (Wildman–Crippen LogP) is 3.87. The highest BCUT2D eigenvalue weighted by molar-refractivity contribution is 5.57. The Kier molecular flexibility index (Phi) is 4.62. The van der Waals surface area contributed by atoms with Crippen LogP contribution in [0.15, 0.2) is 66.9 Å². The average molecular weight is 390 g/mol. The Morgan fingerprint density at radius 3 is 2.43 bits per heavy atom. The van der Waals surface area contributed by atoms with Crippen molar-refractivity contribution in [1.29, 1.82) is 0 Å². The van der Waals surface area contributed by atoms with Crippen LogP contribution in [0.25, 0.3) is 11.3 Å². The largest absolute Gasteiger partial charge is 0.573 e. The molecule has 1 aromatic carbocycles. The van der Waals surface area contributed by atoms with Crippen molar-refractivity contribution in [3.8, 4) is 22.8 Å². The van der Waals surface area contributed by atoms with Gasteiger partial charge < -0.3 is 9.47 Å². The second kappa shape index (κ2) is 7.24. The van der Waals surface area contributed by atoms with E-state index in [2.05, 4.69) is 25.4 Å². The summed E-state index contributed by atoms with van der Waals surface area (Å²) < 4.78 is 46.1. The number of alkyl halides is 3. The molecule has 0 radical (unpaired) electrons. The Morgan fingerprint density at radius 1 is 1.00 bits per heavy atom. The number of aromatic nitrogens is 3. The van der Waals surface area contributed by atoms with Gasteiger partial charge in [0, 0.05) is 17.8 Å². The van der Waals surface area contributed by atoms with Crippen LogP contribution in [0.2, 0.25) is 0 Å². The number of aromatic amines is 1. The van der Waals surface area contributed by atoms with Crippen LogP contribution in [0.1, 0.15) is 11.7 Å². The molecule has 28 heavy (non-hydrogen) atoms. The molecule has 144 valence electrons. The molecule has 1 aliphatic heterocycles. The van der Waals surface area contributed by atoms with Gasteiger partial charge in [-0.05, 0) is 29.8 Å². The number of benzene rings is 1. The maximum atomic E-state index is 12.2. The van der Waals surface area contributed by atoms with Crippen LogP contribution in [0, 0.1) is 0 Å². The molecule has 7 nitrogen and oxygen atoms in total. The van der Waals surface area contributed by atoms with Crippen molar-refractivity contribution < 1.29 is 27.5 Å². The lowest BCUT2D eigenvalue weighted by Gasteiger charge is -2.11. The monoisotopic (exact) mass is 390 g/mol. The number of H-pyrrole nitrogens is 1. The van der Waals surface area contributed by atoms with E-state index in [9.17, 15) is 13.2 Å². The molecule has 0 saturated heterocycles. The van der Waals surface area contributed by atoms with Crippen LogP contribution in [-0.4, -0.2) is 21.5 Å². The Hall–Kier alpha value is -3.53. The third-order valence-corrected chi connectivity index (χ3v) is 3.79. The lowest BCUT2D eigenvalue weighted by molar-refractivity contribution is -0.274. The van der Waals surface area contributed by atoms with Gasteiger partial charge in [0.2, 0.25) is 5.88 Å². The van der Waals surface area contributed by atoms with Crippen LogP contribution >= 0.6 is 0 Å². The van der Waals surface area contributed by atoms with Crippen molar-refractivity contribution in [3.05, 3.63) is 72.5 Å². The summed E-state index contributed by atoms with van der Waals surface area (Å²) in [5.41, 5.74) is 4.86. The number of hydroxylamine groups is 1. The molecule has 3 heterocycles. The maximum Gasteiger partial charge on any atom is 0.573 e. The fourth-order valence-corrected chi connectivity index (χ4v) is 2.53. The normalized spacial score (nSPS) is 16.4. The van der Waals surface area contributed by atoms with E-state index in [4.69, 9.17) is 9.57 Å². The second-order valence-electron chi connectivity index (χ2n) is 5.76. The third kappa shape index (κ3) is 4.23. The van der Waals surface area contributed by atoms with Crippen LogP contribution in [0.3, 0.4) is 0 Å². The Balaban J connectivity index is 1.40. The fraction of sp³-hybridized carbons (Fsp3) is 0.111. The van der Waals surface area contributed by atoms with Crippen LogP contribution in [-0.2, 0) is 4.84 Å². The van der Waals surface area contributed by atoms with Gasteiger partial charge in [0.15, 0.2) is 0 Å². The molecular formula is C18H13F3N4O3. The summed E-state index contributed by atoms with van der Waals surface area (Å²) in [6.07, 6.45) is 1.36. The number of nitrogens with one attached hydrogen (secondary N) is 2. The van der Waals surface area contributed by atoms with E-state index in [0.717, 1.165) is 11.3 Å². The van der Waals surface area contributed by atoms with E-state index in [-0.39, 0.29) is 5.75 Å². The van der Waals surface area contributed by atoms with Crippen molar-refractivity contribution in [2.24, 2.45) is 0 Å². The smallest absolute Gasteiger partial charge is 0.438 e. The number of ether oxygens (including phenoxy) is 2. The molecule has 1 atom stereocenters. The highest BCUT2D eigenvalue weighted by Crippen LogP contribution is 2.29. The topological polar surface area (TPSA) is 81.3 Å². The molecule has 0 bridgehead atoms. The minimum atomic E-state index is -4.73. The summed E-state index contributed by atoms with van der Waals surface area (Å²) in [5, 5.41) is 6.58. The third-order valence-electron chi connectivity index (χ3n) is 3.79. The van der Waals surface area contributed by atoms with E-state index in [0.29, 0.717) is 17.2 Å². The molecule has 2 N–H and O–H groups in total. The van der Waals surface area contributed by atoms with Gasteiger partial charge in [-0.25, -0.2) is 5.48 Å². The summed E-state index contributed by atoms with van der Waals surface area (Å²) in [7, 11) is 0. The van der Waals surface area contributed by atoms with Crippen molar-refractivity contribution >= 4 is 0 Å². The van der Waals surface area contributed by atoms with Gasteiger partial charge in [0.05, 0.1) is 18.1 Å². The maximum absolute atomic E-state index is 12.2. The summed E-state index contributed by atoms with van der Waals surface area (Å²) >= 11 is 0. The number of nitrogens with zero attached hydrogens (tertiary/aromatic N) is 2. The molecule has 0 fully saturated rings. The first-order chi connectivity index (χ1) is 13.5. The summed E-state index contributed by atoms with van der Waals surface area (Å²) in [6, 6.07) is 8.93. The minimum absolute atomic E-state index is 0.300. The van der Waals surface area contributed by atoms with Gasteiger partial charge in [-0.15, -0.1) is 13.2 Å². The van der Waals surface area contributed by atoms with Crippen molar-refractivity contribution in [1.82, 2.24) is 20.7 Å². The highest BCUT2D eigenvalue weighted by Gasteiger charge is 2.31. The van der Waals surface area contributed by atoms with Crippen molar-refractivity contribution in [2.75, 3.05) is 0 Å². The molecule has 0 spiro atoms. The summed E-state index contributed by atoms with van der Waals surface area (Å²) in [4.78, 5) is 9.68. The number of halogens is 3. The number of rotatable bonds is 5. The van der Waals surface area contributed by atoms with Gasteiger partial charge in [0.25, 0.3) is 0 Å². The van der Waals surface area contributed by atoms with Crippen LogP contribution in [0.4, 0.5) is 13.2 Å². The molecule has 4 rings (SSSR count). The zero-order chi connectivity index (χ0) is 19.6. The van der Waals surface area contributed by atoms with Gasteiger partial charge in [-0.2, -0.15) is 5.10 Å². The molecule has 1 aliphatic rings. The zero-order valence-electron chi connectivity index (χ0n) is 14.1. The lowest BCUT2D eigenvalue weighted by atomic mass is 10.1. The van der Waals surface area contributed by atoms with Crippen LogP contribution in [0.5, 0.6) is 11.5 Å². The van der Waals surface area contributed by atoms with Gasteiger partial charge >= 0.3 is 6.36 Å². The minimum Gasteiger partial charge on any atom is -0.438 e.